The summed E-state index contributed by atoms with van der Waals surface area (Å²) in [6.07, 6.45) is 7.97. The van der Waals surface area contributed by atoms with E-state index < -0.39 is 5.97 Å². The minimum absolute atomic E-state index is 0.672. The predicted molar refractivity (Wildman–Crippen MR) is 116 cm³/mol. The molecule has 0 atom stereocenters. The zero-order valence-electron chi connectivity index (χ0n) is 15.6. The van der Waals surface area contributed by atoms with Gasteiger partial charge in [0.25, 0.3) is 0 Å². The first-order valence-corrected chi connectivity index (χ1v) is 9.84. The number of rotatable bonds is 5. The fraction of sp³-hybridized carbons (Fsp3) is 0.0909. The smallest absolute Gasteiger partial charge is 0.328 e. The third-order valence-electron chi connectivity index (χ3n) is 4.56. The van der Waals surface area contributed by atoms with E-state index in [0.29, 0.717) is 17.8 Å². The molecule has 1 N–H and O–H groups in total. The van der Waals surface area contributed by atoms with Crippen molar-refractivity contribution in [3.63, 3.8) is 0 Å². The average molecular weight is 449 g/mol. The van der Waals surface area contributed by atoms with Gasteiger partial charge in [0.15, 0.2) is 5.65 Å². The van der Waals surface area contributed by atoms with Crippen molar-refractivity contribution in [1.82, 2.24) is 19.7 Å². The van der Waals surface area contributed by atoms with Crippen LogP contribution in [0.5, 0.6) is 0 Å². The van der Waals surface area contributed by atoms with Gasteiger partial charge in [-0.3, -0.25) is 4.98 Å². The first-order valence-electron chi connectivity index (χ1n) is 9.05. The molecule has 29 heavy (non-hydrogen) atoms. The molecule has 0 amide bonds. The molecule has 3 aromatic heterocycles. The highest BCUT2D eigenvalue weighted by Gasteiger charge is 2.19. The second-order valence-corrected chi connectivity index (χ2v) is 7.29. The van der Waals surface area contributed by atoms with Gasteiger partial charge in [-0.15, -0.1) is 0 Å². The van der Waals surface area contributed by atoms with E-state index in [9.17, 15) is 9.90 Å². The Morgan fingerprint density at radius 3 is 2.66 bits per heavy atom. The Balaban J connectivity index is 2.15. The molecule has 0 aliphatic rings. The van der Waals surface area contributed by atoms with Crippen LogP contribution in [0.15, 0.2) is 65.5 Å². The highest BCUT2D eigenvalue weighted by atomic mass is 79.9. The molecule has 0 saturated heterocycles. The summed E-state index contributed by atoms with van der Waals surface area (Å²) in [7, 11) is 0. The van der Waals surface area contributed by atoms with E-state index in [2.05, 4.69) is 26.0 Å². The Hall–Kier alpha value is -3.32. The molecule has 0 spiro atoms. The number of pyridine rings is 2. The van der Waals surface area contributed by atoms with Crippen molar-refractivity contribution < 1.29 is 9.90 Å². The lowest BCUT2D eigenvalue weighted by Gasteiger charge is -2.14. The summed E-state index contributed by atoms with van der Waals surface area (Å²) in [5, 5.41) is 14.6. The van der Waals surface area contributed by atoms with Crippen molar-refractivity contribution >= 4 is 39.0 Å². The van der Waals surface area contributed by atoms with Gasteiger partial charge in [-0.1, -0.05) is 30.3 Å². The molecule has 3 heterocycles. The number of halogens is 1. The number of aryl methyl sites for hydroxylation is 1. The molecule has 0 saturated carbocycles. The number of carbonyl (C=O) groups is 1. The minimum Gasteiger partial charge on any atom is -0.478 e. The van der Waals surface area contributed by atoms with Gasteiger partial charge in [-0.2, -0.15) is 5.10 Å². The number of aromatic nitrogens is 4. The summed E-state index contributed by atoms with van der Waals surface area (Å²) in [5.74, 6) is -1.02. The number of nitrogens with zero attached hydrogens (tertiary/aromatic N) is 4. The van der Waals surface area contributed by atoms with Crippen LogP contribution in [0.2, 0.25) is 0 Å². The van der Waals surface area contributed by atoms with Crippen LogP contribution >= 0.6 is 15.9 Å². The summed E-state index contributed by atoms with van der Waals surface area (Å²) in [5.41, 5.74) is 4.74. The summed E-state index contributed by atoms with van der Waals surface area (Å²) >= 11 is 3.48. The van der Waals surface area contributed by atoms with Crippen molar-refractivity contribution in [3.8, 4) is 22.4 Å². The standard InChI is InChI=1S/C22H17BrN4O2/c1-2-27-22-18(13-25-27)20(15-10-16(23)12-24-11-15)17(8-9-19(28)29)21(26-22)14-6-4-3-5-7-14/h3-13H,2H2,1H3,(H,28,29)/b9-8+. The van der Waals surface area contributed by atoms with E-state index in [1.165, 1.54) is 0 Å². The summed E-state index contributed by atoms with van der Waals surface area (Å²) < 4.78 is 2.67. The van der Waals surface area contributed by atoms with Crippen LogP contribution in [-0.2, 0) is 11.3 Å². The quantitative estimate of drug-likeness (QED) is 0.432. The molecular weight excluding hydrogens is 432 g/mol. The molecule has 0 radical (unpaired) electrons. The Morgan fingerprint density at radius 2 is 1.97 bits per heavy atom. The lowest BCUT2D eigenvalue weighted by molar-refractivity contribution is -0.131. The third-order valence-corrected chi connectivity index (χ3v) is 4.99. The maximum Gasteiger partial charge on any atom is 0.328 e. The molecule has 144 valence electrons. The Bertz CT molecular complexity index is 1230. The van der Waals surface area contributed by atoms with Crippen LogP contribution in [0.3, 0.4) is 0 Å². The van der Waals surface area contributed by atoms with E-state index in [1.54, 1.807) is 24.7 Å². The molecule has 0 aliphatic heterocycles. The largest absolute Gasteiger partial charge is 0.478 e. The molecule has 0 unspecified atom stereocenters. The van der Waals surface area contributed by atoms with Crippen molar-refractivity contribution in [3.05, 3.63) is 71.1 Å². The van der Waals surface area contributed by atoms with Crippen LogP contribution in [0, 0.1) is 0 Å². The monoisotopic (exact) mass is 448 g/mol. The fourth-order valence-electron chi connectivity index (χ4n) is 3.33. The van der Waals surface area contributed by atoms with Gasteiger partial charge < -0.3 is 5.11 Å². The number of hydrogen-bond donors (Lipinski definition) is 1. The maximum atomic E-state index is 11.3. The highest BCUT2D eigenvalue weighted by Crippen LogP contribution is 2.38. The van der Waals surface area contributed by atoms with Crippen LogP contribution in [0.25, 0.3) is 39.5 Å². The number of carboxylic acid groups (broad SMARTS) is 1. The van der Waals surface area contributed by atoms with Gasteiger partial charge in [0.2, 0.25) is 0 Å². The molecular formula is C22H17BrN4O2. The van der Waals surface area contributed by atoms with Gasteiger partial charge in [-0.25, -0.2) is 14.5 Å². The molecule has 4 rings (SSSR count). The maximum absolute atomic E-state index is 11.3. The zero-order chi connectivity index (χ0) is 20.4. The summed E-state index contributed by atoms with van der Waals surface area (Å²) in [4.78, 5) is 20.5. The number of aliphatic carboxylic acids is 1. The Labute approximate surface area is 175 Å². The first kappa shape index (κ1) is 19.0. The molecule has 7 heteroatoms. The second-order valence-electron chi connectivity index (χ2n) is 6.38. The zero-order valence-corrected chi connectivity index (χ0v) is 17.2. The Kier molecular flexibility index (Phi) is 5.22. The predicted octanol–water partition coefficient (Wildman–Crippen LogP) is 5.04. The fourth-order valence-corrected chi connectivity index (χ4v) is 3.69. The number of benzene rings is 1. The van der Waals surface area contributed by atoms with Gasteiger partial charge in [-0.05, 0) is 35.0 Å². The normalized spacial score (nSPS) is 11.4. The highest BCUT2D eigenvalue weighted by molar-refractivity contribution is 9.10. The molecule has 6 nitrogen and oxygen atoms in total. The number of hydrogen-bond acceptors (Lipinski definition) is 4. The van der Waals surface area contributed by atoms with Gasteiger partial charge >= 0.3 is 5.97 Å². The minimum atomic E-state index is -1.02. The van der Waals surface area contributed by atoms with Crippen molar-refractivity contribution in [1.29, 1.82) is 0 Å². The van der Waals surface area contributed by atoms with E-state index in [4.69, 9.17) is 4.98 Å². The summed E-state index contributed by atoms with van der Waals surface area (Å²) in [6.45, 7) is 2.68. The van der Waals surface area contributed by atoms with Crippen molar-refractivity contribution in [2.24, 2.45) is 0 Å². The number of fused-ring (bicyclic) bond motifs is 1. The van der Waals surface area contributed by atoms with Crippen LogP contribution in [0.4, 0.5) is 0 Å². The third kappa shape index (κ3) is 3.69. The molecule has 0 fully saturated rings. The van der Waals surface area contributed by atoms with E-state index >= 15 is 0 Å². The second kappa shape index (κ2) is 7.97. The van der Waals surface area contributed by atoms with E-state index in [0.717, 1.165) is 38.3 Å². The van der Waals surface area contributed by atoms with Gasteiger partial charge in [0.05, 0.1) is 11.9 Å². The first-order chi connectivity index (χ1) is 14.1. The van der Waals surface area contributed by atoms with Crippen molar-refractivity contribution in [2.75, 3.05) is 0 Å². The van der Waals surface area contributed by atoms with Crippen molar-refractivity contribution in [2.45, 2.75) is 13.5 Å². The molecule has 0 aliphatic carbocycles. The topological polar surface area (TPSA) is 80.9 Å². The average Bonchev–Trinajstić information content (AvgIpc) is 3.14. The number of carboxylic acids is 1. The SMILES string of the molecule is CCn1ncc2c(-c3cncc(Br)c3)c(/C=C/C(=O)O)c(-c3ccccc3)nc21. The molecule has 4 aromatic rings. The van der Waals surface area contributed by atoms with E-state index in [1.807, 2.05) is 48.0 Å². The van der Waals surface area contributed by atoms with Crippen LogP contribution < -0.4 is 0 Å². The lowest BCUT2D eigenvalue weighted by Crippen LogP contribution is -2.01. The summed E-state index contributed by atoms with van der Waals surface area (Å²) in [6, 6.07) is 11.7. The van der Waals surface area contributed by atoms with E-state index in [-0.39, 0.29) is 0 Å². The lowest BCUT2D eigenvalue weighted by atomic mass is 9.94. The van der Waals surface area contributed by atoms with Gasteiger partial charge in [0, 0.05) is 57.1 Å². The Morgan fingerprint density at radius 1 is 1.17 bits per heavy atom. The molecule has 0 bridgehead atoms. The van der Waals surface area contributed by atoms with Crippen LogP contribution in [-0.4, -0.2) is 30.8 Å². The van der Waals surface area contributed by atoms with Crippen LogP contribution in [0.1, 0.15) is 12.5 Å². The molecule has 1 aromatic carbocycles. The van der Waals surface area contributed by atoms with Gasteiger partial charge in [0.1, 0.15) is 0 Å².